The number of carbonyl (C=O) groups excluding carboxylic acids is 1. The fourth-order valence-corrected chi connectivity index (χ4v) is 3.18. The minimum atomic E-state index is -0.0933. The van der Waals surface area contributed by atoms with Crippen molar-refractivity contribution < 1.29 is 9.90 Å². The minimum Gasteiger partial charge on any atom is -0.507 e. The van der Waals surface area contributed by atoms with Crippen LogP contribution in [0.5, 0.6) is 5.75 Å². The van der Waals surface area contributed by atoms with Crippen molar-refractivity contribution in [2.45, 2.75) is 18.9 Å². The van der Waals surface area contributed by atoms with Crippen molar-refractivity contribution in [2.75, 3.05) is 11.5 Å². The Bertz CT molecular complexity index is 419. The fourth-order valence-electron chi connectivity index (χ4n) is 1.78. The number of thioether (sulfide) groups is 1. The first-order chi connectivity index (χ1) is 8.16. The molecule has 1 fully saturated rings. The number of hydrogen-bond donors (Lipinski definition) is 2. The van der Waals surface area contributed by atoms with Gasteiger partial charge in [0.05, 0.1) is 3.57 Å². The Hall–Kier alpha value is -0.430. The molecule has 0 aromatic heterocycles. The van der Waals surface area contributed by atoms with E-state index >= 15 is 0 Å². The normalized spacial score (nSPS) is 19.9. The lowest BCUT2D eigenvalue weighted by Crippen LogP contribution is -2.38. The molecule has 0 aliphatic carbocycles. The average Bonchev–Trinajstić information content (AvgIpc) is 2.34. The number of benzene rings is 1. The summed E-state index contributed by atoms with van der Waals surface area (Å²) in [6.07, 6.45) is 2.21. The first-order valence-electron chi connectivity index (χ1n) is 5.54. The van der Waals surface area contributed by atoms with Crippen molar-refractivity contribution in [2.24, 2.45) is 0 Å². The summed E-state index contributed by atoms with van der Waals surface area (Å²) in [7, 11) is 0. The zero-order valence-electron chi connectivity index (χ0n) is 9.28. The zero-order chi connectivity index (χ0) is 12.3. The third-order valence-corrected chi connectivity index (χ3v) is 4.83. The molecule has 2 rings (SSSR count). The van der Waals surface area contributed by atoms with E-state index in [4.69, 9.17) is 0 Å². The molecule has 1 heterocycles. The van der Waals surface area contributed by atoms with E-state index in [1.54, 1.807) is 12.1 Å². The zero-order valence-corrected chi connectivity index (χ0v) is 12.3. The van der Waals surface area contributed by atoms with E-state index in [2.05, 4.69) is 5.32 Å². The predicted molar refractivity (Wildman–Crippen MR) is 78.6 cm³/mol. The molecule has 0 saturated carbocycles. The van der Waals surface area contributed by atoms with Crippen LogP contribution in [0.15, 0.2) is 18.2 Å². The van der Waals surface area contributed by atoms with Gasteiger partial charge in [0.25, 0.3) is 5.91 Å². The largest absolute Gasteiger partial charge is 0.507 e. The Morgan fingerprint density at radius 2 is 2.35 bits per heavy atom. The summed E-state index contributed by atoms with van der Waals surface area (Å²) in [5, 5.41) is 12.6. The molecular formula is C12H14INO2S. The lowest BCUT2D eigenvalue weighted by molar-refractivity contribution is 0.0938. The Kier molecular flexibility index (Phi) is 4.55. The maximum Gasteiger partial charge on any atom is 0.251 e. The van der Waals surface area contributed by atoms with E-state index in [1.807, 2.05) is 34.4 Å². The summed E-state index contributed by atoms with van der Waals surface area (Å²) in [5.74, 6) is 2.25. The van der Waals surface area contributed by atoms with E-state index in [0.717, 1.165) is 22.2 Å². The van der Waals surface area contributed by atoms with E-state index < -0.39 is 0 Å². The topological polar surface area (TPSA) is 49.3 Å². The van der Waals surface area contributed by atoms with Crippen molar-refractivity contribution >= 4 is 40.3 Å². The number of halogens is 1. The highest BCUT2D eigenvalue weighted by Gasteiger charge is 2.17. The van der Waals surface area contributed by atoms with Crippen LogP contribution in [0.2, 0.25) is 0 Å². The van der Waals surface area contributed by atoms with Crippen LogP contribution >= 0.6 is 34.4 Å². The third kappa shape index (κ3) is 3.51. The molecular weight excluding hydrogens is 349 g/mol. The summed E-state index contributed by atoms with van der Waals surface area (Å²) in [6, 6.07) is 5.28. The van der Waals surface area contributed by atoms with Gasteiger partial charge < -0.3 is 10.4 Å². The number of hydrogen-bond acceptors (Lipinski definition) is 3. The average molecular weight is 363 g/mol. The standard InChI is InChI=1S/C12H14INO2S/c13-10-4-3-8(6-11(10)15)12(16)14-9-2-1-5-17-7-9/h3-4,6,9,15H,1-2,5,7H2,(H,14,16). The summed E-state index contributed by atoms with van der Waals surface area (Å²) in [4.78, 5) is 11.9. The Morgan fingerprint density at radius 1 is 1.53 bits per heavy atom. The minimum absolute atomic E-state index is 0.0933. The van der Waals surface area contributed by atoms with Gasteiger partial charge in [-0.3, -0.25) is 4.79 Å². The van der Waals surface area contributed by atoms with Crippen molar-refractivity contribution in [1.29, 1.82) is 0 Å². The Balaban J connectivity index is 2.01. The van der Waals surface area contributed by atoms with E-state index in [9.17, 15) is 9.90 Å². The molecule has 1 aromatic rings. The van der Waals surface area contributed by atoms with Crippen LogP contribution in [0.25, 0.3) is 0 Å². The van der Waals surface area contributed by atoms with Gasteiger partial charge in [-0.2, -0.15) is 11.8 Å². The molecule has 1 atom stereocenters. The number of phenolic OH excluding ortho intramolecular Hbond substituents is 1. The van der Waals surface area contributed by atoms with Crippen LogP contribution in [0, 0.1) is 3.57 Å². The molecule has 0 spiro atoms. The second-order valence-electron chi connectivity index (χ2n) is 4.05. The van der Waals surface area contributed by atoms with Crippen LogP contribution in [-0.2, 0) is 0 Å². The van der Waals surface area contributed by atoms with Gasteiger partial charge in [-0.25, -0.2) is 0 Å². The van der Waals surface area contributed by atoms with Gasteiger partial charge in [-0.15, -0.1) is 0 Å². The number of rotatable bonds is 2. The molecule has 17 heavy (non-hydrogen) atoms. The SMILES string of the molecule is O=C(NC1CCCSC1)c1ccc(I)c(O)c1. The monoisotopic (exact) mass is 363 g/mol. The maximum atomic E-state index is 11.9. The summed E-state index contributed by atoms with van der Waals surface area (Å²) >= 11 is 3.92. The number of amides is 1. The molecule has 1 aliphatic heterocycles. The van der Waals surface area contributed by atoms with Gasteiger partial charge in [-0.1, -0.05) is 0 Å². The molecule has 1 amide bonds. The van der Waals surface area contributed by atoms with E-state index in [1.165, 1.54) is 11.8 Å². The second-order valence-corrected chi connectivity index (χ2v) is 6.37. The highest BCUT2D eigenvalue weighted by atomic mass is 127. The van der Waals surface area contributed by atoms with Crippen LogP contribution < -0.4 is 5.32 Å². The molecule has 2 N–H and O–H groups in total. The van der Waals surface area contributed by atoms with Gasteiger partial charge in [-0.05, 0) is 59.4 Å². The molecule has 5 heteroatoms. The van der Waals surface area contributed by atoms with Crippen LogP contribution in [0.3, 0.4) is 0 Å². The molecule has 0 radical (unpaired) electrons. The maximum absolute atomic E-state index is 11.9. The molecule has 1 saturated heterocycles. The highest BCUT2D eigenvalue weighted by Crippen LogP contribution is 2.21. The number of aromatic hydroxyl groups is 1. The third-order valence-electron chi connectivity index (χ3n) is 2.70. The quantitative estimate of drug-likeness (QED) is 0.795. The summed E-state index contributed by atoms with van der Waals surface area (Å²) in [6.45, 7) is 0. The molecule has 1 aromatic carbocycles. The predicted octanol–water partition coefficient (Wildman–Crippen LogP) is 2.62. The van der Waals surface area contributed by atoms with E-state index in [0.29, 0.717) is 5.56 Å². The van der Waals surface area contributed by atoms with E-state index in [-0.39, 0.29) is 17.7 Å². The first kappa shape index (κ1) is 13.0. The second kappa shape index (κ2) is 5.95. The lowest BCUT2D eigenvalue weighted by atomic mass is 10.1. The van der Waals surface area contributed by atoms with Crippen LogP contribution in [0.4, 0.5) is 0 Å². The molecule has 0 bridgehead atoms. The molecule has 3 nitrogen and oxygen atoms in total. The first-order valence-corrected chi connectivity index (χ1v) is 7.77. The van der Waals surface area contributed by atoms with Crippen molar-refractivity contribution in [3.05, 3.63) is 27.3 Å². The highest BCUT2D eigenvalue weighted by molar-refractivity contribution is 14.1. The van der Waals surface area contributed by atoms with Crippen LogP contribution in [0.1, 0.15) is 23.2 Å². The van der Waals surface area contributed by atoms with Gasteiger partial charge in [0.2, 0.25) is 0 Å². The Labute approximate surface area is 119 Å². The Morgan fingerprint density at radius 3 is 3.00 bits per heavy atom. The molecule has 1 unspecified atom stereocenters. The van der Waals surface area contributed by atoms with Crippen molar-refractivity contribution in [3.8, 4) is 5.75 Å². The number of phenols is 1. The summed E-state index contributed by atoms with van der Waals surface area (Å²) < 4.78 is 0.757. The lowest BCUT2D eigenvalue weighted by Gasteiger charge is -2.22. The van der Waals surface area contributed by atoms with Gasteiger partial charge in [0.15, 0.2) is 0 Å². The smallest absolute Gasteiger partial charge is 0.251 e. The fraction of sp³-hybridized carbons (Fsp3) is 0.417. The van der Waals surface area contributed by atoms with Gasteiger partial charge in [0, 0.05) is 17.4 Å². The van der Waals surface area contributed by atoms with Crippen LogP contribution in [-0.4, -0.2) is 28.6 Å². The van der Waals surface area contributed by atoms with Crippen molar-refractivity contribution in [3.63, 3.8) is 0 Å². The van der Waals surface area contributed by atoms with Gasteiger partial charge >= 0.3 is 0 Å². The number of nitrogens with one attached hydrogen (secondary N) is 1. The van der Waals surface area contributed by atoms with Gasteiger partial charge in [0.1, 0.15) is 5.75 Å². The number of carbonyl (C=O) groups is 1. The molecule has 92 valence electrons. The molecule has 1 aliphatic rings. The summed E-state index contributed by atoms with van der Waals surface area (Å²) in [5.41, 5.74) is 0.526. The van der Waals surface area contributed by atoms with Crippen molar-refractivity contribution in [1.82, 2.24) is 5.32 Å².